The molecule has 76 valence electrons. The summed E-state index contributed by atoms with van der Waals surface area (Å²) in [4.78, 5) is 1.09. The molecule has 14 heavy (non-hydrogen) atoms. The number of nitrogens with two attached hydrogens (primary N) is 1. The highest BCUT2D eigenvalue weighted by Gasteiger charge is 1.97. The summed E-state index contributed by atoms with van der Waals surface area (Å²) in [6.07, 6.45) is 0.563. The van der Waals surface area contributed by atoms with E-state index in [2.05, 4.69) is 5.16 Å². The summed E-state index contributed by atoms with van der Waals surface area (Å²) < 4.78 is 0. The number of hydrogen-bond acceptors (Lipinski definition) is 3. The van der Waals surface area contributed by atoms with E-state index < -0.39 is 0 Å². The minimum absolute atomic E-state index is 0.250. The molecule has 0 fully saturated rings. The van der Waals surface area contributed by atoms with Crippen molar-refractivity contribution in [2.75, 3.05) is 5.75 Å². The Morgan fingerprint density at radius 1 is 1.57 bits per heavy atom. The Labute approximate surface area is 91.9 Å². The van der Waals surface area contributed by atoms with Crippen molar-refractivity contribution in [3.05, 3.63) is 29.3 Å². The molecule has 0 aliphatic rings. The van der Waals surface area contributed by atoms with Crippen molar-refractivity contribution in [1.29, 1.82) is 0 Å². The second-order valence-electron chi connectivity index (χ2n) is 2.65. The van der Waals surface area contributed by atoms with Crippen molar-refractivity contribution >= 4 is 29.2 Å². The highest BCUT2D eigenvalue weighted by molar-refractivity contribution is 7.99. The number of thioether (sulfide) groups is 1. The number of amidine groups is 1. The van der Waals surface area contributed by atoms with Crippen LogP contribution >= 0.6 is 23.4 Å². The van der Waals surface area contributed by atoms with Gasteiger partial charge in [-0.3, -0.25) is 0 Å². The van der Waals surface area contributed by atoms with Crippen LogP contribution in [0.25, 0.3) is 0 Å². The van der Waals surface area contributed by atoms with Crippen LogP contribution in [0.1, 0.15) is 6.42 Å². The van der Waals surface area contributed by atoms with Crippen molar-refractivity contribution < 1.29 is 5.21 Å². The molecule has 0 bridgehead atoms. The number of rotatable bonds is 4. The normalized spacial score (nSPS) is 11.6. The molecule has 0 spiro atoms. The first-order chi connectivity index (χ1) is 6.72. The molecular weight excluding hydrogens is 220 g/mol. The minimum atomic E-state index is 0.250. The predicted molar refractivity (Wildman–Crippen MR) is 60.2 cm³/mol. The van der Waals surface area contributed by atoms with Crippen LogP contribution in [0, 0.1) is 0 Å². The van der Waals surface area contributed by atoms with Gasteiger partial charge in [0.2, 0.25) is 0 Å². The highest BCUT2D eigenvalue weighted by atomic mass is 35.5. The van der Waals surface area contributed by atoms with E-state index in [1.54, 1.807) is 11.8 Å². The van der Waals surface area contributed by atoms with Gasteiger partial charge in [-0.2, -0.15) is 0 Å². The molecule has 0 aliphatic carbocycles. The van der Waals surface area contributed by atoms with Crippen LogP contribution in [0.2, 0.25) is 5.02 Å². The van der Waals surface area contributed by atoms with Crippen molar-refractivity contribution in [2.24, 2.45) is 10.9 Å². The number of hydrogen-bond donors (Lipinski definition) is 2. The summed E-state index contributed by atoms with van der Waals surface area (Å²) in [7, 11) is 0. The molecule has 3 N–H and O–H groups in total. The van der Waals surface area contributed by atoms with E-state index >= 15 is 0 Å². The van der Waals surface area contributed by atoms with E-state index in [1.807, 2.05) is 24.3 Å². The monoisotopic (exact) mass is 230 g/mol. The Morgan fingerprint density at radius 2 is 2.36 bits per heavy atom. The Hall–Kier alpha value is -0.870. The molecule has 0 saturated heterocycles. The number of oxime groups is 1. The van der Waals surface area contributed by atoms with Gasteiger partial charge in [0.25, 0.3) is 0 Å². The van der Waals surface area contributed by atoms with E-state index in [4.69, 9.17) is 22.5 Å². The molecule has 3 nitrogen and oxygen atoms in total. The van der Waals surface area contributed by atoms with Gasteiger partial charge in [0.1, 0.15) is 5.84 Å². The zero-order valence-electron chi connectivity index (χ0n) is 7.48. The molecule has 0 radical (unpaired) electrons. The van der Waals surface area contributed by atoms with Crippen molar-refractivity contribution in [3.63, 3.8) is 0 Å². The van der Waals surface area contributed by atoms with Crippen LogP contribution in [0.15, 0.2) is 34.3 Å². The quantitative estimate of drug-likeness (QED) is 0.275. The summed E-state index contributed by atoms with van der Waals surface area (Å²) in [6.45, 7) is 0. The van der Waals surface area contributed by atoms with Gasteiger partial charge in [0.05, 0.1) is 0 Å². The Balaban J connectivity index is 2.39. The first kappa shape index (κ1) is 11.2. The molecule has 0 heterocycles. The van der Waals surface area contributed by atoms with Gasteiger partial charge in [-0.05, 0) is 18.2 Å². The first-order valence-corrected chi connectivity index (χ1v) is 5.43. The van der Waals surface area contributed by atoms with Crippen LogP contribution in [-0.2, 0) is 0 Å². The van der Waals surface area contributed by atoms with Crippen molar-refractivity contribution in [3.8, 4) is 0 Å². The molecule has 5 heteroatoms. The zero-order chi connectivity index (χ0) is 10.4. The van der Waals surface area contributed by atoms with Crippen LogP contribution in [0.5, 0.6) is 0 Å². The van der Waals surface area contributed by atoms with Crippen LogP contribution < -0.4 is 5.73 Å². The van der Waals surface area contributed by atoms with Gasteiger partial charge < -0.3 is 10.9 Å². The SMILES string of the molecule is NC(CCSc1cccc(Cl)c1)=NO. The number of nitrogens with zero attached hydrogens (tertiary/aromatic N) is 1. The molecule has 0 atom stereocenters. The van der Waals surface area contributed by atoms with Gasteiger partial charge in [0, 0.05) is 22.1 Å². The Bertz CT molecular complexity index is 330. The molecular formula is C9H11ClN2OS. The summed E-state index contributed by atoms with van der Waals surface area (Å²) in [5.74, 6) is 1.02. The lowest BCUT2D eigenvalue weighted by Gasteiger charge is -2.00. The van der Waals surface area contributed by atoms with Crippen LogP contribution in [-0.4, -0.2) is 16.8 Å². The molecule has 1 rings (SSSR count). The largest absolute Gasteiger partial charge is 0.409 e. The lowest BCUT2D eigenvalue weighted by Crippen LogP contribution is -2.11. The smallest absolute Gasteiger partial charge is 0.139 e. The summed E-state index contributed by atoms with van der Waals surface area (Å²) in [5.41, 5.74) is 5.33. The van der Waals surface area contributed by atoms with E-state index in [-0.39, 0.29) is 5.84 Å². The van der Waals surface area contributed by atoms with Gasteiger partial charge in [-0.25, -0.2) is 0 Å². The van der Waals surface area contributed by atoms with Crippen molar-refractivity contribution in [1.82, 2.24) is 0 Å². The van der Waals surface area contributed by atoms with E-state index in [0.717, 1.165) is 15.7 Å². The third-order valence-electron chi connectivity index (χ3n) is 1.55. The number of halogens is 1. The topological polar surface area (TPSA) is 58.6 Å². The second kappa shape index (κ2) is 5.78. The Morgan fingerprint density at radius 3 is 3.00 bits per heavy atom. The van der Waals surface area contributed by atoms with Crippen molar-refractivity contribution in [2.45, 2.75) is 11.3 Å². The average molecular weight is 231 g/mol. The summed E-state index contributed by atoms with van der Waals surface area (Å²) in [5, 5.41) is 11.9. The molecule has 0 amide bonds. The molecule has 0 unspecified atom stereocenters. The molecule has 0 saturated carbocycles. The fourth-order valence-electron chi connectivity index (χ4n) is 0.880. The molecule has 0 aromatic heterocycles. The van der Waals surface area contributed by atoms with Crippen LogP contribution in [0.4, 0.5) is 0 Å². The maximum Gasteiger partial charge on any atom is 0.139 e. The highest BCUT2D eigenvalue weighted by Crippen LogP contribution is 2.21. The summed E-state index contributed by atoms with van der Waals surface area (Å²) in [6, 6.07) is 7.59. The number of benzene rings is 1. The zero-order valence-corrected chi connectivity index (χ0v) is 9.05. The van der Waals surface area contributed by atoms with Gasteiger partial charge in [0.15, 0.2) is 0 Å². The first-order valence-electron chi connectivity index (χ1n) is 4.07. The van der Waals surface area contributed by atoms with E-state index in [9.17, 15) is 0 Å². The minimum Gasteiger partial charge on any atom is -0.409 e. The molecule has 1 aromatic carbocycles. The Kier molecular flexibility index (Phi) is 4.62. The third kappa shape index (κ3) is 3.89. The van der Waals surface area contributed by atoms with Gasteiger partial charge in [-0.1, -0.05) is 22.8 Å². The maximum absolute atomic E-state index is 8.31. The fourth-order valence-corrected chi connectivity index (χ4v) is 2.07. The average Bonchev–Trinajstić information content (AvgIpc) is 2.17. The lowest BCUT2D eigenvalue weighted by molar-refractivity contribution is 0.317. The summed E-state index contributed by atoms with van der Waals surface area (Å²) >= 11 is 7.43. The lowest BCUT2D eigenvalue weighted by atomic mass is 10.4. The van der Waals surface area contributed by atoms with E-state index in [1.165, 1.54) is 0 Å². The predicted octanol–water partition coefficient (Wildman–Crippen LogP) is 2.57. The molecule has 1 aromatic rings. The van der Waals surface area contributed by atoms with Gasteiger partial charge in [-0.15, -0.1) is 11.8 Å². The fraction of sp³-hybridized carbons (Fsp3) is 0.222. The van der Waals surface area contributed by atoms with Crippen LogP contribution in [0.3, 0.4) is 0 Å². The van der Waals surface area contributed by atoms with Gasteiger partial charge >= 0.3 is 0 Å². The standard InChI is InChI=1S/C9H11ClN2OS/c10-7-2-1-3-8(6-7)14-5-4-9(11)12-13/h1-3,6,13H,4-5H2,(H2,11,12). The second-order valence-corrected chi connectivity index (χ2v) is 4.25. The van der Waals surface area contributed by atoms with E-state index in [0.29, 0.717) is 6.42 Å². The molecule has 0 aliphatic heterocycles. The maximum atomic E-state index is 8.31. The third-order valence-corrected chi connectivity index (χ3v) is 2.78.